The highest BCUT2D eigenvalue weighted by molar-refractivity contribution is 7.99. The van der Waals surface area contributed by atoms with Gasteiger partial charge in [-0.25, -0.2) is 0 Å². The van der Waals surface area contributed by atoms with E-state index in [2.05, 4.69) is 27.4 Å². The van der Waals surface area contributed by atoms with Gasteiger partial charge in [0.25, 0.3) is 0 Å². The summed E-state index contributed by atoms with van der Waals surface area (Å²) in [5.41, 5.74) is 0.790. The van der Waals surface area contributed by atoms with Crippen LogP contribution in [0.15, 0.2) is 29.0 Å². The molecule has 1 unspecified atom stereocenters. The van der Waals surface area contributed by atoms with E-state index in [0.717, 1.165) is 17.1 Å². The molecular weight excluding hydrogens is 336 g/mol. The molecule has 0 aliphatic rings. The van der Waals surface area contributed by atoms with Crippen molar-refractivity contribution in [3.05, 3.63) is 30.4 Å². The summed E-state index contributed by atoms with van der Waals surface area (Å²) in [6.07, 6.45) is 6.26. The fourth-order valence-electron chi connectivity index (χ4n) is 2.25. The molecule has 1 amide bonds. The topological polar surface area (TPSA) is 80.9 Å². The Morgan fingerprint density at radius 3 is 2.88 bits per heavy atom. The van der Waals surface area contributed by atoms with Crippen LogP contribution in [-0.2, 0) is 4.79 Å². The molecule has 0 aliphatic carbocycles. The predicted octanol–water partition coefficient (Wildman–Crippen LogP) is 3.87. The van der Waals surface area contributed by atoms with Gasteiger partial charge in [-0.15, -0.1) is 0 Å². The summed E-state index contributed by atoms with van der Waals surface area (Å²) in [5.74, 6) is 3.03. The first-order chi connectivity index (χ1) is 12.1. The van der Waals surface area contributed by atoms with E-state index in [9.17, 15) is 4.79 Å². The van der Waals surface area contributed by atoms with Crippen molar-refractivity contribution in [2.45, 2.75) is 46.1 Å². The van der Waals surface area contributed by atoms with Crippen molar-refractivity contribution in [3.63, 3.8) is 0 Å². The normalized spacial score (nSPS) is 12.3. The van der Waals surface area contributed by atoms with Crippen LogP contribution >= 0.6 is 11.8 Å². The quantitative estimate of drug-likeness (QED) is 0.646. The molecule has 0 fully saturated rings. The Balaban J connectivity index is 1.94. The molecule has 0 bridgehead atoms. The summed E-state index contributed by atoms with van der Waals surface area (Å²) < 4.78 is 5.39. The third kappa shape index (κ3) is 6.16. The highest BCUT2D eigenvalue weighted by atomic mass is 32.2. The lowest BCUT2D eigenvalue weighted by atomic mass is 10.0. The summed E-state index contributed by atoms with van der Waals surface area (Å²) in [7, 11) is 0. The summed E-state index contributed by atoms with van der Waals surface area (Å²) in [4.78, 5) is 20.7. The second-order valence-corrected chi connectivity index (χ2v) is 7.43. The third-order valence-electron chi connectivity index (χ3n) is 3.73. The van der Waals surface area contributed by atoms with Gasteiger partial charge in [-0.1, -0.05) is 32.3 Å². The number of aromatic nitrogens is 3. The molecule has 6 nitrogen and oxygen atoms in total. The zero-order chi connectivity index (χ0) is 18.1. The van der Waals surface area contributed by atoms with Gasteiger partial charge >= 0.3 is 0 Å². The fourth-order valence-corrected chi connectivity index (χ4v) is 3.27. The number of pyridine rings is 1. The highest BCUT2D eigenvalue weighted by Crippen LogP contribution is 2.23. The summed E-state index contributed by atoms with van der Waals surface area (Å²) >= 11 is 1.82. The van der Waals surface area contributed by atoms with Crippen molar-refractivity contribution < 1.29 is 9.32 Å². The van der Waals surface area contributed by atoms with Crippen LogP contribution in [0.2, 0.25) is 0 Å². The Labute approximate surface area is 153 Å². The number of nitrogens with one attached hydrogen (secondary N) is 1. The first-order valence-electron chi connectivity index (χ1n) is 8.73. The van der Waals surface area contributed by atoms with E-state index in [-0.39, 0.29) is 17.9 Å². The maximum Gasteiger partial charge on any atom is 0.249 e. The molecule has 0 saturated heterocycles. The van der Waals surface area contributed by atoms with Gasteiger partial charge < -0.3 is 9.84 Å². The number of carbonyl (C=O) groups excluding carboxylic acids is 1. The Morgan fingerprint density at radius 1 is 1.36 bits per heavy atom. The Morgan fingerprint density at radius 2 is 2.20 bits per heavy atom. The number of hydrogen-bond acceptors (Lipinski definition) is 6. The summed E-state index contributed by atoms with van der Waals surface area (Å²) in [5, 5.41) is 7.04. The minimum atomic E-state index is -0.286. The molecule has 2 rings (SSSR count). The Bertz CT molecular complexity index is 646. The number of thioether (sulfide) groups is 1. The molecular formula is C18H26N4O2S. The van der Waals surface area contributed by atoms with E-state index >= 15 is 0 Å². The zero-order valence-corrected chi connectivity index (χ0v) is 15.9. The van der Waals surface area contributed by atoms with E-state index in [0.29, 0.717) is 18.1 Å². The monoisotopic (exact) mass is 362 g/mol. The van der Waals surface area contributed by atoms with Gasteiger partial charge in [-0.3, -0.25) is 9.78 Å². The largest absolute Gasteiger partial charge is 0.344 e. The van der Waals surface area contributed by atoms with Gasteiger partial charge in [-0.05, 0) is 30.2 Å². The van der Waals surface area contributed by atoms with E-state index < -0.39 is 0 Å². The first kappa shape index (κ1) is 19.4. The van der Waals surface area contributed by atoms with Crippen LogP contribution in [0.5, 0.6) is 0 Å². The summed E-state index contributed by atoms with van der Waals surface area (Å²) in [6, 6.07) is 3.41. The zero-order valence-electron chi connectivity index (χ0n) is 15.1. The minimum absolute atomic E-state index is 0.0174. The fraction of sp³-hybridized carbons (Fsp3) is 0.556. The van der Waals surface area contributed by atoms with Gasteiger partial charge in [0.05, 0.1) is 0 Å². The van der Waals surface area contributed by atoms with Crippen molar-refractivity contribution in [1.82, 2.24) is 20.4 Å². The van der Waals surface area contributed by atoms with Gasteiger partial charge in [0.15, 0.2) is 0 Å². The average Bonchev–Trinajstić information content (AvgIpc) is 3.09. The van der Waals surface area contributed by atoms with E-state index in [1.165, 1.54) is 12.8 Å². The first-order valence-corrected chi connectivity index (χ1v) is 9.88. The molecule has 25 heavy (non-hydrogen) atoms. The van der Waals surface area contributed by atoms with Crippen LogP contribution in [0.4, 0.5) is 0 Å². The van der Waals surface area contributed by atoms with Gasteiger partial charge in [0, 0.05) is 30.1 Å². The van der Waals surface area contributed by atoms with Crippen LogP contribution in [0.3, 0.4) is 0 Å². The number of hydrogen-bond donors (Lipinski definition) is 1. The maximum absolute atomic E-state index is 12.2. The van der Waals surface area contributed by atoms with Crippen molar-refractivity contribution in [3.8, 4) is 11.4 Å². The number of carbonyl (C=O) groups is 1. The number of unbranched alkanes of at least 4 members (excludes halogenated alkanes) is 1. The molecule has 0 spiro atoms. The lowest BCUT2D eigenvalue weighted by molar-refractivity contribution is -0.122. The average molecular weight is 362 g/mol. The number of rotatable bonds is 10. The van der Waals surface area contributed by atoms with Crippen LogP contribution < -0.4 is 5.32 Å². The molecule has 2 aromatic heterocycles. The molecule has 1 N–H and O–H groups in total. The van der Waals surface area contributed by atoms with Crippen molar-refractivity contribution in [2.24, 2.45) is 5.92 Å². The lowest BCUT2D eigenvalue weighted by Gasteiger charge is -2.18. The van der Waals surface area contributed by atoms with Crippen LogP contribution in [0.25, 0.3) is 11.4 Å². The minimum Gasteiger partial charge on any atom is -0.344 e. The SMILES string of the molecule is CCCCSCCC(=O)NC(c1nc(-c2cccnc2)no1)C(C)C. The second-order valence-electron chi connectivity index (χ2n) is 6.20. The maximum atomic E-state index is 12.2. The molecule has 1 atom stereocenters. The van der Waals surface area contributed by atoms with E-state index in [1.54, 1.807) is 12.4 Å². The van der Waals surface area contributed by atoms with Crippen molar-refractivity contribution in [1.29, 1.82) is 0 Å². The Kier molecular flexibility index (Phi) is 7.91. The van der Waals surface area contributed by atoms with Gasteiger partial charge in [0.1, 0.15) is 6.04 Å². The number of amides is 1. The standard InChI is InChI=1S/C18H26N4O2S/c1-4-5-10-25-11-8-15(23)20-16(13(2)3)18-21-17(22-24-18)14-7-6-9-19-12-14/h6-7,9,12-13,16H,4-5,8,10-11H2,1-3H3,(H,20,23). The smallest absolute Gasteiger partial charge is 0.249 e. The Hall–Kier alpha value is -1.89. The molecule has 0 saturated carbocycles. The van der Waals surface area contributed by atoms with Crippen LogP contribution in [-0.4, -0.2) is 32.5 Å². The molecule has 2 aromatic rings. The second kappa shape index (κ2) is 10.2. The molecule has 2 heterocycles. The van der Waals surface area contributed by atoms with E-state index in [4.69, 9.17) is 4.52 Å². The van der Waals surface area contributed by atoms with Gasteiger partial charge in [0.2, 0.25) is 17.6 Å². The van der Waals surface area contributed by atoms with Crippen molar-refractivity contribution >= 4 is 17.7 Å². The van der Waals surface area contributed by atoms with Crippen LogP contribution in [0, 0.1) is 5.92 Å². The molecule has 0 aliphatic heterocycles. The molecule has 0 aromatic carbocycles. The van der Waals surface area contributed by atoms with Crippen molar-refractivity contribution in [2.75, 3.05) is 11.5 Å². The predicted molar refractivity (Wildman–Crippen MR) is 100 cm³/mol. The molecule has 7 heteroatoms. The molecule has 0 radical (unpaired) electrons. The van der Waals surface area contributed by atoms with Gasteiger partial charge in [-0.2, -0.15) is 16.7 Å². The molecule has 136 valence electrons. The number of nitrogens with zero attached hydrogens (tertiary/aromatic N) is 3. The highest BCUT2D eigenvalue weighted by Gasteiger charge is 2.24. The van der Waals surface area contributed by atoms with E-state index in [1.807, 2.05) is 37.7 Å². The van der Waals surface area contributed by atoms with Crippen LogP contribution in [0.1, 0.15) is 52.0 Å². The third-order valence-corrected chi connectivity index (χ3v) is 4.80. The lowest BCUT2D eigenvalue weighted by Crippen LogP contribution is -2.32. The summed E-state index contributed by atoms with van der Waals surface area (Å²) in [6.45, 7) is 6.22.